The molecule has 1 aromatic heterocycles. The third kappa shape index (κ3) is 3.66. The number of rotatable bonds is 4. The number of amides is 2. The first kappa shape index (κ1) is 16.7. The molecular weight excluding hydrogens is 324 g/mol. The van der Waals surface area contributed by atoms with E-state index in [-0.39, 0.29) is 38.0 Å². The quantitative estimate of drug-likeness (QED) is 0.732. The summed E-state index contributed by atoms with van der Waals surface area (Å²) in [5.74, 6) is -3.35. The summed E-state index contributed by atoms with van der Waals surface area (Å²) in [7, 11) is 0. The van der Waals surface area contributed by atoms with Gasteiger partial charge in [0.15, 0.2) is 0 Å². The van der Waals surface area contributed by atoms with Gasteiger partial charge in [0.05, 0.1) is 6.54 Å². The van der Waals surface area contributed by atoms with Gasteiger partial charge in [0.2, 0.25) is 11.8 Å². The van der Waals surface area contributed by atoms with Crippen LogP contribution < -0.4 is 5.32 Å². The lowest BCUT2D eigenvalue weighted by atomic mass is 10.1. The molecule has 0 aliphatic carbocycles. The van der Waals surface area contributed by atoms with E-state index in [9.17, 15) is 18.4 Å². The van der Waals surface area contributed by atoms with Gasteiger partial charge < -0.3 is 10.2 Å². The van der Waals surface area contributed by atoms with Crippen LogP contribution in [0.3, 0.4) is 0 Å². The van der Waals surface area contributed by atoms with Crippen LogP contribution in [-0.2, 0) is 16.1 Å². The van der Waals surface area contributed by atoms with Crippen LogP contribution in [0.2, 0.25) is 0 Å². The second-order valence-electron chi connectivity index (χ2n) is 6.27. The number of aromatic nitrogens is 4. The smallest absolute Gasteiger partial charge is 0.262 e. The standard InChI is InChI=1S/C13H19F2N7O2/c1-9(17-11(23)6-22-8-16-18-19-22)12(24)20-2-3-21-7-13(14,15)4-10(21)5-20/h8-10H,2-7H2,1H3,(H,17,23)/t9-,10+/m1/s1. The number of hydrogen-bond donors (Lipinski definition) is 1. The Morgan fingerprint density at radius 1 is 1.42 bits per heavy atom. The Kier molecular flexibility index (Phi) is 4.43. The first-order valence-corrected chi connectivity index (χ1v) is 7.75. The van der Waals surface area contributed by atoms with Crippen molar-refractivity contribution in [2.75, 3.05) is 26.2 Å². The summed E-state index contributed by atoms with van der Waals surface area (Å²) in [5.41, 5.74) is 0. The van der Waals surface area contributed by atoms with Gasteiger partial charge in [-0.25, -0.2) is 13.5 Å². The van der Waals surface area contributed by atoms with E-state index in [4.69, 9.17) is 0 Å². The van der Waals surface area contributed by atoms with Crippen molar-refractivity contribution in [3.63, 3.8) is 0 Å². The average molecular weight is 343 g/mol. The van der Waals surface area contributed by atoms with E-state index in [0.717, 1.165) is 0 Å². The van der Waals surface area contributed by atoms with Gasteiger partial charge in [0.25, 0.3) is 5.92 Å². The Labute approximate surface area is 137 Å². The summed E-state index contributed by atoms with van der Waals surface area (Å²) >= 11 is 0. The number of fused-ring (bicyclic) bond motifs is 1. The lowest BCUT2D eigenvalue weighted by Crippen LogP contribution is -2.56. The topological polar surface area (TPSA) is 96.2 Å². The minimum absolute atomic E-state index is 0.0900. The van der Waals surface area contributed by atoms with Crippen molar-refractivity contribution < 1.29 is 18.4 Å². The van der Waals surface area contributed by atoms with Crippen molar-refractivity contribution in [1.82, 2.24) is 35.3 Å². The van der Waals surface area contributed by atoms with Gasteiger partial charge in [-0.15, -0.1) is 5.10 Å². The fourth-order valence-corrected chi connectivity index (χ4v) is 3.22. The number of piperazine rings is 1. The maximum atomic E-state index is 13.5. The number of nitrogens with one attached hydrogen (secondary N) is 1. The van der Waals surface area contributed by atoms with Crippen molar-refractivity contribution in [2.45, 2.75) is 37.9 Å². The molecule has 0 saturated carbocycles. The highest BCUT2D eigenvalue weighted by molar-refractivity contribution is 5.87. The molecule has 9 nitrogen and oxygen atoms in total. The van der Waals surface area contributed by atoms with Gasteiger partial charge in [0, 0.05) is 32.1 Å². The monoisotopic (exact) mass is 343 g/mol. The average Bonchev–Trinajstić information content (AvgIpc) is 3.10. The molecule has 1 aromatic rings. The summed E-state index contributed by atoms with van der Waals surface area (Å²) in [6, 6.07) is -1.05. The van der Waals surface area contributed by atoms with E-state index in [2.05, 4.69) is 20.8 Å². The molecule has 3 heterocycles. The predicted molar refractivity (Wildman–Crippen MR) is 76.9 cm³/mol. The Morgan fingerprint density at radius 3 is 2.92 bits per heavy atom. The lowest BCUT2D eigenvalue weighted by molar-refractivity contribution is -0.138. The molecule has 0 unspecified atom stereocenters. The molecular formula is C13H19F2N7O2. The molecule has 0 spiro atoms. The van der Waals surface area contributed by atoms with Crippen molar-refractivity contribution in [2.24, 2.45) is 0 Å². The van der Waals surface area contributed by atoms with Gasteiger partial charge in [-0.05, 0) is 17.4 Å². The summed E-state index contributed by atoms with van der Waals surface area (Å²) in [4.78, 5) is 27.6. The molecule has 2 atom stereocenters. The minimum atomic E-state index is -2.69. The highest BCUT2D eigenvalue weighted by Crippen LogP contribution is 2.33. The van der Waals surface area contributed by atoms with Gasteiger partial charge in [0.1, 0.15) is 18.9 Å². The molecule has 2 fully saturated rings. The second kappa shape index (κ2) is 6.38. The number of carbonyl (C=O) groups is 2. The number of halogens is 2. The van der Waals surface area contributed by atoms with E-state index in [1.807, 2.05) is 0 Å². The minimum Gasteiger partial charge on any atom is -0.343 e. The molecule has 2 saturated heterocycles. The van der Waals surface area contributed by atoms with E-state index in [1.54, 1.807) is 16.7 Å². The van der Waals surface area contributed by atoms with Crippen LogP contribution in [0.25, 0.3) is 0 Å². The van der Waals surface area contributed by atoms with E-state index in [0.29, 0.717) is 13.1 Å². The molecule has 24 heavy (non-hydrogen) atoms. The third-order valence-electron chi connectivity index (χ3n) is 4.33. The van der Waals surface area contributed by atoms with Crippen LogP contribution in [0, 0.1) is 0 Å². The molecule has 0 bridgehead atoms. The predicted octanol–water partition coefficient (Wildman–Crippen LogP) is -1.27. The molecule has 2 amide bonds. The number of alkyl halides is 2. The lowest BCUT2D eigenvalue weighted by Gasteiger charge is -2.38. The number of hydrogen-bond acceptors (Lipinski definition) is 6. The number of nitrogens with zero attached hydrogens (tertiary/aromatic N) is 6. The van der Waals surface area contributed by atoms with Crippen LogP contribution in [0.15, 0.2) is 6.33 Å². The third-order valence-corrected chi connectivity index (χ3v) is 4.33. The fraction of sp³-hybridized carbons (Fsp3) is 0.769. The zero-order valence-corrected chi connectivity index (χ0v) is 13.2. The van der Waals surface area contributed by atoms with Gasteiger partial charge in [-0.2, -0.15) is 0 Å². The Hall–Kier alpha value is -2.17. The largest absolute Gasteiger partial charge is 0.343 e. The van der Waals surface area contributed by atoms with Gasteiger partial charge in [-0.1, -0.05) is 0 Å². The zero-order chi connectivity index (χ0) is 17.3. The SMILES string of the molecule is C[C@@H](NC(=O)Cn1cnnn1)C(=O)N1CCN2CC(F)(F)C[C@H]2C1. The van der Waals surface area contributed by atoms with Crippen molar-refractivity contribution >= 4 is 11.8 Å². The molecule has 11 heteroatoms. The van der Waals surface area contributed by atoms with E-state index >= 15 is 0 Å². The van der Waals surface area contributed by atoms with E-state index < -0.39 is 17.9 Å². The van der Waals surface area contributed by atoms with Crippen LogP contribution in [0.1, 0.15) is 13.3 Å². The van der Waals surface area contributed by atoms with Crippen molar-refractivity contribution in [3.05, 3.63) is 6.33 Å². The summed E-state index contributed by atoms with van der Waals surface area (Å²) in [5, 5.41) is 13.0. The van der Waals surface area contributed by atoms with Crippen molar-refractivity contribution in [1.29, 1.82) is 0 Å². The van der Waals surface area contributed by atoms with Crippen LogP contribution in [0.5, 0.6) is 0 Å². The summed E-state index contributed by atoms with van der Waals surface area (Å²) < 4.78 is 28.2. The molecule has 2 aliphatic heterocycles. The molecule has 3 rings (SSSR count). The Morgan fingerprint density at radius 2 is 2.21 bits per heavy atom. The van der Waals surface area contributed by atoms with Gasteiger partial charge >= 0.3 is 0 Å². The highest BCUT2D eigenvalue weighted by atomic mass is 19.3. The Balaban J connectivity index is 1.51. The summed E-state index contributed by atoms with van der Waals surface area (Å²) in [6.07, 6.45) is 1.07. The van der Waals surface area contributed by atoms with Crippen LogP contribution in [0.4, 0.5) is 8.78 Å². The second-order valence-corrected chi connectivity index (χ2v) is 6.27. The first-order chi connectivity index (χ1) is 11.3. The van der Waals surface area contributed by atoms with Crippen LogP contribution >= 0.6 is 0 Å². The molecule has 1 N–H and O–H groups in total. The number of carbonyl (C=O) groups excluding carboxylic acids is 2. The molecule has 132 valence electrons. The molecule has 0 radical (unpaired) electrons. The zero-order valence-electron chi connectivity index (χ0n) is 13.2. The molecule has 2 aliphatic rings. The Bertz CT molecular complexity index is 609. The van der Waals surface area contributed by atoms with Crippen molar-refractivity contribution in [3.8, 4) is 0 Å². The highest BCUT2D eigenvalue weighted by Gasteiger charge is 2.47. The maximum absolute atomic E-state index is 13.5. The summed E-state index contributed by atoms with van der Waals surface area (Å²) in [6.45, 7) is 2.33. The molecule has 0 aromatic carbocycles. The maximum Gasteiger partial charge on any atom is 0.262 e. The fourth-order valence-electron chi connectivity index (χ4n) is 3.22. The van der Waals surface area contributed by atoms with Gasteiger partial charge in [-0.3, -0.25) is 14.5 Å². The first-order valence-electron chi connectivity index (χ1n) is 7.75. The number of tetrazole rings is 1. The van der Waals surface area contributed by atoms with Crippen LogP contribution in [-0.4, -0.2) is 86.0 Å². The normalized spacial score (nSPS) is 24.5. The van der Waals surface area contributed by atoms with E-state index in [1.165, 1.54) is 11.0 Å².